The summed E-state index contributed by atoms with van der Waals surface area (Å²) >= 11 is 0. The molecule has 1 aromatic heterocycles. The summed E-state index contributed by atoms with van der Waals surface area (Å²) in [7, 11) is 0. The number of benzene rings is 2. The minimum atomic E-state index is -1.10. The van der Waals surface area contributed by atoms with Crippen molar-refractivity contribution in [1.29, 1.82) is 0 Å². The number of aliphatic hydroxyl groups excluding tert-OH is 1. The molecule has 1 atom stereocenters. The predicted molar refractivity (Wildman–Crippen MR) is 77.3 cm³/mol. The van der Waals surface area contributed by atoms with Crippen molar-refractivity contribution in [3.05, 3.63) is 76.3 Å². The summed E-state index contributed by atoms with van der Waals surface area (Å²) in [6.07, 6.45) is 0.317. The van der Waals surface area contributed by atoms with Crippen molar-refractivity contribution in [2.75, 3.05) is 0 Å². The summed E-state index contributed by atoms with van der Waals surface area (Å²) in [5.74, 6) is -2.16. The lowest BCUT2D eigenvalue weighted by atomic mass is 10.1. The van der Waals surface area contributed by atoms with E-state index in [0.29, 0.717) is 5.56 Å². The number of aromatic nitrogens is 2. The third-order valence-corrected chi connectivity index (χ3v) is 3.42. The zero-order chi connectivity index (χ0) is 15.7. The van der Waals surface area contributed by atoms with Gasteiger partial charge in [0.1, 0.15) is 0 Å². The van der Waals surface area contributed by atoms with Crippen LogP contribution in [0.3, 0.4) is 0 Å². The first-order chi connectivity index (χ1) is 10.6. The van der Waals surface area contributed by atoms with Gasteiger partial charge in [-0.2, -0.15) is 0 Å². The van der Waals surface area contributed by atoms with E-state index in [2.05, 4.69) is 4.98 Å². The van der Waals surface area contributed by atoms with Crippen LogP contribution in [-0.2, 0) is 6.54 Å². The van der Waals surface area contributed by atoms with Gasteiger partial charge in [0, 0.05) is 6.07 Å². The fourth-order valence-corrected chi connectivity index (χ4v) is 2.25. The van der Waals surface area contributed by atoms with Crippen molar-refractivity contribution in [2.24, 2.45) is 0 Å². The molecule has 0 amide bonds. The van der Waals surface area contributed by atoms with Gasteiger partial charge in [-0.15, -0.1) is 0 Å². The minimum absolute atomic E-state index is 0.0230. The second kappa shape index (κ2) is 5.65. The fourth-order valence-electron chi connectivity index (χ4n) is 2.25. The van der Waals surface area contributed by atoms with Crippen LogP contribution in [0.15, 0.2) is 53.6 Å². The number of rotatable bonds is 3. The molecule has 112 valence electrons. The molecule has 0 aliphatic carbocycles. The van der Waals surface area contributed by atoms with Crippen LogP contribution in [0.25, 0.3) is 10.9 Å². The highest BCUT2D eigenvalue weighted by molar-refractivity contribution is 5.77. The molecule has 3 rings (SSSR count). The number of hydrogen-bond donors (Lipinski definition) is 1. The summed E-state index contributed by atoms with van der Waals surface area (Å²) < 4.78 is 27.6. The van der Waals surface area contributed by atoms with Crippen molar-refractivity contribution in [1.82, 2.24) is 9.55 Å². The van der Waals surface area contributed by atoms with E-state index in [4.69, 9.17) is 0 Å². The standard InChI is InChI=1S/C16H12F2N2O2/c17-12-6-11-14(7-13(12)18)19-9-20(16(11)22)8-15(21)10-4-2-1-3-5-10/h1-7,9,15,21H,8H2. The van der Waals surface area contributed by atoms with Gasteiger partial charge in [-0.3, -0.25) is 9.36 Å². The first-order valence-electron chi connectivity index (χ1n) is 6.63. The SMILES string of the molecule is O=c1c2cc(F)c(F)cc2ncn1CC(O)c1ccccc1. The lowest BCUT2D eigenvalue weighted by Crippen LogP contribution is -2.24. The molecule has 0 spiro atoms. The van der Waals surface area contributed by atoms with Gasteiger partial charge in [-0.05, 0) is 11.6 Å². The van der Waals surface area contributed by atoms with E-state index in [-0.39, 0.29) is 17.4 Å². The predicted octanol–water partition coefficient (Wildman–Crippen LogP) is 2.41. The quantitative estimate of drug-likeness (QED) is 0.808. The molecule has 0 radical (unpaired) electrons. The topological polar surface area (TPSA) is 55.1 Å². The van der Waals surface area contributed by atoms with Crippen LogP contribution in [0.1, 0.15) is 11.7 Å². The van der Waals surface area contributed by atoms with E-state index in [1.807, 2.05) is 6.07 Å². The molecule has 3 aromatic rings. The Kier molecular flexibility index (Phi) is 3.68. The van der Waals surface area contributed by atoms with Gasteiger partial charge >= 0.3 is 0 Å². The maximum atomic E-state index is 13.3. The van der Waals surface area contributed by atoms with Gasteiger partial charge in [0.05, 0.1) is 29.9 Å². The molecule has 0 fully saturated rings. The fraction of sp³-hybridized carbons (Fsp3) is 0.125. The van der Waals surface area contributed by atoms with Gasteiger partial charge in [0.25, 0.3) is 5.56 Å². The Hall–Kier alpha value is -2.60. The summed E-state index contributed by atoms with van der Waals surface area (Å²) in [5, 5.41) is 10.1. The maximum Gasteiger partial charge on any atom is 0.261 e. The lowest BCUT2D eigenvalue weighted by molar-refractivity contribution is 0.155. The highest BCUT2D eigenvalue weighted by atomic mass is 19.2. The third kappa shape index (κ3) is 2.60. The molecule has 6 heteroatoms. The summed E-state index contributed by atoms with van der Waals surface area (Å²) in [6, 6.07) is 10.5. The molecule has 1 heterocycles. The van der Waals surface area contributed by atoms with Crippen molar-refractivity contribution in [2.45, 2.75) is 12.6 Å². The Balaban J connectivity index is 2.00. The normalized spacial score (nSPS) is 12.5. The first kappa shape index (κ1) is 14.3. The monoisotopic (exact) mass is 302 g/mol. The molecule has 2 aromatic carbocycles. The maximum absolute atomic E-state index is 13.3. The number of aliphatic hydroxyl groups is 1. The zero-order valence-corrected chi connectivity index (χ0v) is 11.4. The van der Waals surface area contributed by atoms with Gasteiger partial charge in [0.15, 0.2) is 11.6 Å². The lowest BCUT2D eigenvalue weighted by Gasteiger charge is -2.13. The average molecular weight is 302 g/mol. The Labute approximate surface area is 124 Å². The molecule has 0 saturated carbocycles. The van der Waals surface area contributed by atoms with E-state index < -0.39 is 23.3 Å². The zero-order valence-electron chi connectivity index (χ0n) is 11.4. The van der Waals surface area contributed by atoms with E-state index in [1.165, 1.54) is 10.9 Å². The largest absolute Gasteiger partial charge is 0.387 e. The second-order valence-electron chi connectivity index (χ2n) is 4.91. The summed E-state index contributed by atoms with van der Waals surface area (Å²) in [4.78, 5) is 16.2. The molecule has 1 N–H and O–H groups in total. The molecule has 0 bridgehead atoms. The molecular formula is C16H12F2N2O2. The second-order valence-corrected chi connectivity index (χ2v) is 4.91. The van der Waals surface area contributed by atoms with Crippen LogP contribution in [0, 0.1) is 11.6 Å². The van der Waals surface area contributed by atoms with E-state index in [1.54, 1.807) is 24.3 Å². The van der Waals surface area contributed by atoms with Crippen molar-refractivity contribution in [3.8, 4) is 0 Å². The van der Waals surface area contributed by atoms with Crippen molar-refractivity contribution in [3.63, 3.8) is 0 Å². The smallest absolute Gasteiger partial charge is 0.261 e. The summed E-state index contributed by atoms with van der Waals surface area (Å²) in [6.45, 7) is -0.0230. The van der Waals surface area contributed by atoms with E-state index in [0.717, 1.165) is 12.1 Å². The van der Waals surface area contributed by atoms with Crippen LogP contribution in [0.5, 0.6) is 0 Å². The molecular weight excluding hydrogens is 290 g/mol. The summed E-state index contributed by atoms with van der Waals surface area (Å²) in [5.41, 5.74) is 0.202. The van der Waals surface area contributed by atoms with Gasteiger partial charge in [-0.1, -0.05) is 30.3 Å². The van der Waals surface area contributed by atoms with E-state index in [9.17, 15) is 18.7 Å². The van der Waals surface area contributed by atoms with Gasteiger partial charge in [0.2, 0.25) is 0 Å². The van der Waals surface area contributed by atoms with Crippen molar-refractivity contribution < 1.29 is 13.9 Å². The van der Waals surface area contributed by atoms with Gasteiger partial charge in [-0.25, -0.2) is 13.8 Å². The molecule has 1 unspecified atom stereocenters. The van der Waals surface area contributed by atoms with Crippen molar-refractivity contribution >= 4 is 10.9 Å². The van der Waals surface area contributed by atoms with Crippen LogP contribution >= 0.6 is 0 Å². The molecule has 4 nitrogen and oxygen atoms in total. The van der Waals surface area contributed by atoms with Crippen LogP contribution < -0.4 is 5.56 Å². The van der Waals surface area contributed by atoms with Gasteiger partial charge < -0.3 is 5.11 Å². The Morgan fingerprint density at radius 2 is 1.82 bits per heavy atom. The number of hydrogen-bond acceptors (Lipinski definition) is 3. The molecule has 0 aliphatic heterocycles. The number of halogens is 2. The van der Waals surface area contributed by atoms with Crippen LogP contribution in [0.2, 0.25) is 0 Å². The van der Waals surface area contributed by atoms with Crippen LogP contribution in [-0.4, -0.2) is 14.7 Å². The number of nitrogens with zero attached hydrogens (tertiary/aromatic N) is 2. The Morgan fingerprint density at radius 1 is 1.14 bits per heavy atom. The average Bonchev–Trinajstić information content (AvgIpc) is 2.53. The number of fused-ring (bicyclic) bond motifs is 1. The molecule has 0 saturated heterocycles. The minimum Gasteiger partial charge on any atom is -0.387 e. The first-order valence-corrected chi connectivity index (χ1v) is 6.63. The highest BCUT2D eigenvalue weighted by Gasteiger charge is 2.13. The molecule has 0 aliphatic rings. The highest BCUT2D eigenvalue weighted by Crippen LogP contribution is 2.16. The Morgan fingerprint density at radius 3 is 2.55 bits per heavy atom. The Bertz CT molecular complexity index is 878. The van der Waals surface area contributed by atoms with E-state index >= 15 is 0 Å². The molecule has 22 heavy (non-hydrogen) atoms. The van der Waals surface area contributed by atoms with Crippen LogP contribution in [0.4, 0.5) is 8.78 Å². The third-order valence-electron chi connectivity index (χ3n) is 3.42.